The van der Waals surface area contributed by atoms with Gasteiger partial charge in [-0.2, -0.15) is 0 Å². The minimum absolute atomic E-state index is 0.394. The summed E-state index contributed by atoms with van der Waals surface area (Å²) in [6, 6.07) is 1.90. The van der Waals surface area contributed by atoms with Crippen molar-refractivity contribution >= 4 is 29.4 Å². The van der Waals surface area contributed by atoms with Crippen molar-refractivity contribution < 1.29 is 32.7 Å². The Bertz CT molecular complexity index is 815. The molecule has 9 heteroatoms. The smallest absolute Gasteiger partial charge is 0.329 e. The van der Waals surface area contributed by atoms with Crippen molar-refractivity contribution in [1.82, 2.24) is 4.90 Å². The van der Waals surface area contributed by atoms with Crippen molar-refractivity contribution in [2.45, 2.75) is 51.7 Å². The number of benzene rings is 1. The molecule has 1 aliphatic carbocycles. The van der Waals surface area contributed by atoms with E-state index in [0.717, 1.165) is 35.9 Å². The van der Waals surface area contributed by atoms with Crippen LogP contribution in [0.3, 0.4) is 0 Å². The van der Waals surface area contributed by atoms with Gasteiger partial charge in [0.15, 0.2) is 6.10 Å². The lowest BCUT2D eigenvalue weighted by Crippen LogP contribution is -2.46. The number of nitrogens with zero attached hydrogens (tertiary/aromatic N) is 1. The highest BCUT2D eigenvalue weighted by Gasteiger charge is 2.51. The molecule has 1 heterocycles. The van der Waals surface area contributed by atoms with Crippen LogP contribution < -0.4 is 5.32 Å². The van der Waals surface area contributed by atoms with E-state index >= 15 is 0 Å². The fourth-order valence-corrected chi connectivity index (χ4v) is 3.84. The third-order valence-corrected chi connectivity index (χ3v) is 5.48. The predicted molar refractivity (Wildman–Crippen MR) is 97.3 cm³/mol. The molecule has 1 aromatic rings. The Balaban J connectivity index is 1.64. The molecule has 4 atom stereocenters. The zero-order chi connectivity index (χ0) is 21.3. The SMILES string of the molecule is C[C@H](OC(=O)[C@H](C)N1C(=O)[C@H]2CCCC[C@H]2C1=O)C(=O)Nc1c(F)cccc1F. The van der Waals surface area contributed by atoms with E-state index in [1.54, 1.807) is 0 Å². The molecular formula is C20H22F2N2O5. The van der Waals surface area contributed by atoms with Gasteiger partial charge in [0, 0.05) is 0 Å². The van der Waals surface area contributed by atoms with Crippen LogP contribution in [-0.4, -0.2) is 40.7 Å². The third-order valence-electron chi connectivity index (χ3n) is 5.48. The standard InChI is InChI=1S/C20H22F2N2O5/c1-10(24-18(26)12-6-3-4-7-13(12)19(24)27)20(28)29-11(2)17(25)23-16-14(21)8-5-9-15(16)22/h5,8-13H,3-4,6-7H2,1-2H3,(H,23,25)/t10-,11-,12-,13+/m0/s1. The molecule has 2 aliphatic rings. The number of rotatable bonds is 5. The summed E-state index contributed by atoms with van der Waals surface area (Å²) in [5.41, 5.74) is -0.651. The van der Waals surface area contributed by atoms with Gasteiger partial charge in [-0.15, -0.1) is 0 Å². The number of para-hydroxylation sites is 1. The average molecular weight is 408 g/mol. The number of nitrogens with one attached hydrogen (secondary N) is 1. The van der Waals surface area contributed by atoms with Gasteiger partial charge in [-0.05, 0) is 38.8 Å². The second kappa shape index (κ2) is 8.26. The first-order chi connectivity index (χ1) is 13.7. The first kappa shape index (κ1) is 20.9. The first-order valence-corrected chi connectivity index (χ1v) is 9.54. The van der Waals surface area contributed by atoms with Crippen molar-refractivity contribution in [2.75, 3.05) is 5.32 Å². The lowest BCUT2D eigenvalue weighted by atomic mass is 9.81. The molecule has 1 saturated carbocycles. The molecule has 1 aromatic carbocycles. The molecule has 3 amide bonds. The molecule has 0 aromatic heterocycles. The zero-order valence-electron chi connectivity index (χ0n) is 16.1. The van der Waals surface area contributed by atoms with Crippen molar-refractivity contribution in [3.05, 3.63) is 29.8 Å². The monoisotopic (exact) mass is 408 g/mol. The molecule has 7 nitrogen and oxygen atoms in total. The van der Waals surface area contributed by atoms with Crippen molar-refractivity contribution in [3.8, 4) is 0 Å². The Morgan fingerprint density at radius 1 is 1.07 bits per heavy atom. The lowest BCUT2D eigenvalue weighted by molar-refractivity contribution is -0.163. The topological polar surface area (TPSA) is 92.8 Å². The van der Waals surface area contributed by atoms with Gasteiger partial charge >= 0.3 is 5.97 Å². The first-order valence-electron chi connectivity index (χ1n) is 9.54. The Morgan fingerprint density at radius 3 is 2.10 bits per heavy atom. The summed E-state index contributed by atoms with van der Waals surface area (Å²) >= 11 is 0. The van der Waals surface area contributed by atoms with E-state index in [9.17, 15) is 28.0 Å². The summed E-state index contributed by atoms with van der Waals surface area (Å²) in [6.07, 6.45) is 1.55. The molecule has 0 radical (unpaired) electrons. The largest absolute Gasteiger partial charge is 0.451 e. The van der Waals surface area contributed by atoms with Crippen LogP contribution >= 0.6 is 0 Å². The van der Waals surface area contributed by atoms with Gasteiger partial charge in [0.2, 0.25) is 11.8 Å². The molecule has 1 N–H and O–H groups in total. The summed E-state index contributed by atoms with van der Waals surface area (Å²) in [4.78, 5) is 50.6. The Hall–Kier alpha value is -2.84. The molecule has 0 bridgehead atoms. The molecule has 156 valence electrons. The molecule has 0 spiro atoms. The fraction of sp³-hybridized carbons (Fsp3) is 0.500. The van der Waals surface area contributed by atoms with E-state index in [2.05, 4.69) is 0 Å². The van der Waals surface area contributed by atoms with Crippen LogP contribution in [0.5, 0.6) is 0 Å². The zero-order valence-corrected chi connectivity index (χ0v) is 16.1. The quantitative estimate of drug-likeness (QED) is 0.597. The van der Waals surface area contributed by atoms with Gasteiger partial charge in [-0.25, -0.2) is 13.6 Å². The van der Waals surface area contributed by atoms with E-state index in [0.29, 0.717) is 12.8 Å². The number of imide groups is 1. The van der Waals surface area contributed by atoms with Gasteiger partial charge in [0.25, 0.3) is 5.91 Å². The minimum Gasteiger partial charge on any atom is -0.451 e. The Labute approximate surface area is 166 Å². The number of fused-ring (bicyclic) bond motifs is 1. The number of hydrogen-bond acceptors (Lipinski definition) is 5. The number of amides is 3. The molecule has 29 heavy (non-hydrogen) atoms. The summed E-state index contributed by atoms with van der Waals surface area (Å²) in [5, 5.41) is 2.04. The van der Waals surface area contributed by atoms with Crippen LogP contribution in [0.4, 0.5) is 14.5 Å². The average Bonchev–Trinajstić information content (AvgIpc) is 2.95. The maximum atomic E-state index is 13.7. The number of esters is 1. The molecule has 1 aliphatic heterocycles. The predicted octanol–water partition coefficient (Wildman–Crippen LogP) is 2.40. The number of anilines is 1. The van der Waals surface area contributed by atoms with Crippen molar-refractivity contribution in [1.29, 1.82) is 0 Å². The van der Waals surface area contributed by atoms with Crippen LogP contribution in [0, 0.1) is 23.5 Å². The van der Waals surface area contributed by atoms with Crippen LogP contribution in [0.2, 0.25) is 0 Å². The van der Waals surface area contributed by atoms with Crippen LogP contribution in [0.25, 0.3) is 0 Å². The van der Waals surface area contributed by atoms with E-state index < -0.39 is 65.0 Å². The normalized spacial score (nSPS) is 23.4. The van der Waals surface area contributed by atoms with E-state index in [1.807, 2.05) is 5.32 Å². The number of hydrogen-bond donors (Lipinski definition) is 1. The number of ether oxygens (including phenoxy) is 1. The van der Waals surface area contributed by atoms with Crippen molar-refractivity contribution in [2.24, 2.45) is 11.8 Å². The van der Waals surface area contributed by atoms with E-state index in [-0.39, 0.29) is 0 Å². The highest BCUT2D eigenvalue weighted by molar-refractivity contribution is 6.08. The number of halogens is 2. The van der Waals surface area contributed by atoms with Gasteiger partial charge in [0.05, 0.1) is 11.8 Å². The Morgan fingerprint density at radius 2 is 1.59 bits per heavy atom. The fourth-order valence-electron chi connectivity index (χ4n) is 3.84. The summed E-state index contributed by atoms with van der Waals surface area (Å²) < 4.78 is 32.4. The van der Waals surface area contributed by atoms with Crippen LogP contribution in [-0.2, 0) is 23.9 Å². The minimum atomic E-state index is -1.39. The highest BCUT2D eigenvalue weighted by atomic mass is 19.1. The van der Waals surface area contributed by atoms with Crippen LogP contribution in [0.15, 0.2) is 18.2 Å². The molecule has 2 fully saturated rings. The molecular weight excluding hydrogens is 386 g/mol. The number of likely N-dealkylation sites (tertiary alicyclic amines) is 1. The third kappa shape index (κ3) is 3.99. The summed E-state index contributed by atoms with van der Waals surface area (Å²) in [5.74, 6) is -5.43. The van der Waals surface area contributed by atoms with Gasteiger partial charge < -0.3 is 10.1 Å². The summed E-state index contributed by atoms with van der Waals surface area (Å²) in [6.45, 7) is 2.59. The maximum absolute atomic E-state index is 13.7. The molecule has 0 unspecified atom stereocenters. The second-order valence-electron chi connectivity index (χ2n) is 7.38. The highest BCUT2D eigenvalue weighted by Crippen LogP contribution is 2.39. The van der Waals surface area contributed by atoms with Crippen molar-refractivity contribution in [3.63, 3.8) is 0 Å². The van der Waals surface area contributed by atoms with Gasteiger partial charge in [-0.3, -0.25) is 19.3 Å². The Kier molecular flexibility index (Phi) is 5.95. The van der Waals surface area contributed by atoms with E-state index in [4.69, 9.17) is 4.74 Å². The lowest BCUT2D eigenvalue weighted by Gasteiger charge is -2.23. The van der Waals surface area contributed by atoms with E-state index in [1.165, 1.54) is 13.8 Å². The van der Waals surface area contributed by atoms with Crippen LogP contribution in [0.1, 0.15) is 39.5 Å². The second-order valence-corrected chi connectivity index (χ2v) is 7.38. The number of carbonyl (C=O) groups excluding carboxylic acids is 4. The summed E-state index contributed by atoms with van der Waals surface area (Å²) in [7, 11) is 0. The van der Waals surface area contributed by atoms with Gasteiger partial charge in [0.1, 0.15) is 23.4 Å². The maximum Gasteiger partial charge on any atom is 0.329 e. The molecule has 1 saturated heterocycles. The molecule has 3 rings (SSSR count). The number of carbonyl (C=O) groups is 4. The van der Waals surface area contributed by atoms with Gasteiger partial charge in [-0.1, -0.05) is 18.9 Å².